The Hall–Kier alpha value is -2.07. The zero-order valence-corrected chi connectivity index (χ0v) is 11.4. The first kappa shape index (κ1) is 14.3. The van der Waals surface area contributed by atoms with Gasteiger partial charge in [0.05, 0.1) is 0 Å². The number of hydrogen-bond acceptors (Lipinski definition) is 3. The first-order valence-corrected chi connectivity index (χ1v) is 6.32. The van der Waals surface area contributed by atoms with E-state index in [1.54, 1.807) is 31.2 Å². The van der Waals surface area contributed by atoms with Gasteiger partial charge in [0.15, 0.2) is 6.10 Å². The van der Waals surface area contributed by atoms with Crippen LogP contribution in [0, 0.1) is 5.82 Å². The van der Waals surface area contributed by atoms with Crippen molar-refractivity contribution in [3.8, 4) is 17.2 Å². The minimum absolute atomic E-state index is 0.319. The Labute approximate surface area is 120 Å². The summed E-state index contributed by atoms with van der Waals surface area (Å²) in [6, 6.07) is 12.4. The molecule has 2 rings (SSSR count). The highest BCUT2D eigenvalue weighted by Gasteiger charge is 2.11. The van der Waals surface area contributed by atoms with E-state index in [9.17, 15) is 9.18 Å². The predicted octanol–water partition coefficient (Wildman–Crippen LogP) is 4.15. The summed E-state index contributed by atoms with van der Waals surface area (Å²) in [6.07, 6.45) is -0.708. The van der Waals surface area contributed by atoms with Crippen molar-refractivity contribution in [1.29, 1.82) is 0 Å². The highest BCUT2D eigenvalue weighted by atomic mass is 35.5. The Morgan fingerprint density at radius 3 is 1.95 bits per heavy atom. The van der Waals surface area contributed by atoms with Crippen molar-refractivity contribution in [2.45, 2.75) is 13.0 Å². The third-order valence-electron chi connectivity index (χ3n) is 2.51. The molecule has 104 valence electrons. The van der Waals surface area contributed by atoms with Gasteiger partial charge in [0.2, 0.25) is 0 Å². The average Bonchev–Trinajstić information content (AvgIpc) is 2.43. The Bertz CT molecular complexity index is 581. The number of carbonyl (C=O) groups is 1. The van der Waals surface area contributed by atoms with Gasteiger partial charge in [-0.15, -0.1) is 0 Å². The van der Waals surface area contributed by atoms with Gasteiger partial charge in [-0.2, -0.15) is 0 Å². The molecular formula is C15H12ClFO3. The summed E-state index contributed by atoms with van der Waals surface area (Å²) >= 11 is 5.31. The van der Waals surface area contributed by atoms with Crippen LogP contribution in [0.15, 0.2) is 48.5 Å². The molecule has 0 saturated carbocycles. The molecule has 0 spiro atoms. The quantitative estimate of drug-likeness (QED) is 0.777. The summed E-state index contributed by atoms with van der Waals surface area (Å²) in [5, 5.41) is -0.559. The topological polar surface area (TPSA) is 35.5 Å². The highest BCUT2D eigenvalue weighted by Crippen LogP contribution is 2.24. The summed E-state index contributed by atoms with van der Waals surface area (Å²) in [4.78, 5) is 10.9. The molecule has 0 aliphatic carbocycles. The minimum Gasteiger partial charge on any atom is -0.482 e. The fraction of sp³-hybridized carbons (Fsp3) is 0.133. The van der Waals surface area contributed by atoms with Crippen LogP contribution in [-0.4, -0.2) is 11.3 Å². The molecular weight excluding hydrogens is 283 g/mol. The number of hydrogen-bond donors (Lipinski definition) is 0. The summed E-state index contributed by atoms with van der Waals surface area (Å²) in [7, 11) is 0. The monoisotopic (exact) mass is 294 g/mol. The van der Waals surface area contributed by atoms with Crippen LogP contribution in [0.1, 0.15) is 6.92 Å². The average molecular weight is 295 g/mol. The molecule has 0 N–H and O–H groups in total. The normalized spacial score (nSPS) is 11.8. The van der Waals surface area contributed by atoms with Crippen LogP contribution in [0.4, 0.5) is 4.39 Å². The van der Waals surface area contributed by atoms with E-state index in [0.29, 0.717) is 17.2 Å². The zero-order valence-electron chi connectivity index (χ0n) is 10.7. The van der Waals surface area contributed by atoms with Gasteiger partial charge in [-0.1, -0.05) is 0 Å². The molecule has 0 bridgehead atoms. The molecule has 0 aliphatic rings. The number of carbonyl (C=O) groups excluding carboxylic acids is 1. The molecule has 0 aromatic heterocycles. The first-order chi connectivity index (χ1) is 9.54. The fourth-order valence-corrected chi connectivity index (χ4v) is 1.52. The lowest BCUT2D eigenvalue weighted by atomic mass is 10.3. The van der Waals surface area contributed by atoms with Crippen LogP contribution >= 0.6 is 11.6 Å². The predicted molar refractivity (Wildman–Crippen MR) is 73.9 cm³/mol. The molecule has 5 heteroatoms. The van der Waals surface area contributed by atoms with Gasteiger partial charge >= 0.3 is 0 Å². The van der Waals surface area contributed by atoms with Crippen LogP contribution in [0.2, 0.25) is 0 Å². The van der Waals surface area contributed by atoms with Gasteiger partial charge < -0.3 is 9.47 Å². The molecule has 1 unspecified atom stereocenters. The van der Waals surface area contributed by atoms with Gasteiger partial charge in [0, 0.05) is 0 Å². The van der Waals surface area contributed by atoms with Crippen molar-refractivity contribution in [2.24, 2.45) is 0 Å². The van der Waals surface area contributed by atoms with E-state index in [2.05, 4.69) is 0 Å². The summed E-state index contributed by atoms with van der Waals surface area (Å²) < 4.78 is 23.6. The van der Waals surface area contributed by atoms with E-state index in [0.717, 1.165) is 0 Å². The molecule has 0 fully saturated rings. The summed E-state index contributed by atoms with van der Waals surface area (Å²) in [5.74, 6) is 1.30. The van der Waals surface area contributed by atoms with Crippen molar-refractivity contribution < 1.29 is 18.7 Å². The van der Waals surface area contributed by atoms with Crippen LogP contribution in [-0.2, 0) is 4.79 Å². The molecule has 3 nitrogen and oxygen atoms in total. The third kappa shape index (κ3) is 3.96. The molecule has 1 atom stereocenters. The van der Waals surface area contributed by atoms with Crippen LogP contribution in [0.3, 0.4) is 0 Å². The Balaban J connectivity index is 2.01. The van der Waals surface area contributed by atoms with E-state index in [-0.39, 0.29) is 5.82 Å². The lowest BCUT2D eigenvalue weighted by Crippen LogP contribution is -2.18. The molecule has 2 aromatic rings. The standard InChI is InChI=1S/C15H12ClFO3/c1-10(15(16)18)19-12-6-8-14(9-7-12)20-13-4-2-11(17)3-5-13/h2-10H,1H3. The van der Waals surface area contributed by atoms with E-state index < -0.39 is 11.3 Å². The second-order valence-electron chi connectivity index (χ2n) is 4.09. The second kappa shape index (κ2) is 6.39. The Morgan fingerprint density at radius 2 is 1.45 bits per heavy atom. The highest BCUT2D eigenvalue weighted by molar-refractivity contribution is 6.64. The van der Waals surface area contributed by atoms with Crippen LogP contribution in [0.25, 0.3) is 0 Å². The van der Waals surface area contributed by atoms with Gasteiger partial charge in [-0.05, 0) is 67.1 Å². The van der Waals surface area contributed by atoms with Crippen molar-refractivity contribution in [3.05, 3.63) is 54.3 Å². The van der Waals surface area contributed by atoms with Crippen molar-refractivity contribution in [3.63, 3.8) is 0 Å². The molecule has 0 heterocycles. The minimum atomic E-state index is -0.708. The Morgan fingerprint density at radius 1 is 1.00 bits per heavy atom. The third-order valence-corrected chi connectivity index (χ3v) is 2.81. The molecule has 0 aliphatic heterocycles. The van der Waals surface area contributed by atoms with E-state index in [1.807, 2.05) is 0 Å². The molecule has 2 aromatic carbocycles. The number of halogens is 2. The smallest absolute Gasteiger partial charge is 0.262 e. The van der Waals surface area contributed by atoms with Gasteiger partial charge in [0.25, 0.3) is 5.24 Å². The van der Waals surface area contributed by atoms with Crippen LogP contribution in [0.5, 0.6) is 17.2 Å². The molecule has 0 radical (unpaired) electrons. The van der Waals surface area contributed by atoms with Crippen LogP contribution < -0.4 is 9.47 Å². The number of benzene rings is 2. The molecule has 0 saturated heterocycles. The SMILES string of the molecule is CC(Oc1ccc(Oc2ccc(F)cc2)cc1)C(=O)Cl. The maximum absolute atomic E-state index is 12.8. The lowest BCUT2D eigenvalue weighted by Gasteiger charge is -2.11. The second-order valence-corrected chi connectivity index (χ2v) is 4.46. The summed E-state index contributed by atoms with van der Waals surface area (Å²) in [5.41, 5.74) is 0. The van der Waals surface area contributed by atoms with Crippen molar-refractivity contribution in [2.75, 3.05) is 0 Å². The van der Waals surface area contributed by atoms with E-state index in [4.69, 9.17) is 21.1 Å². The van der Waals surface area contributed by atoms with Gasteiger partial charge in [-0.3, -0.25) is 4.79 Å². The number of rotatable bonds is 5. The van der Waals surface area contributed by atoms with Gasteiger partial charge in [-0.25, -0.2) is 4.39 Å². The van der Waals surface area contributed by atoms with E-state index in [1.165, 1.54) is 24.3 Å². The Kier molecular flexibility index (Phi) is 4.58. The van der Waals surface area contributed by atoms with Crippen molar-refractivity contribution in [1.82, 2.24) is 0 Å². The summed E-state index contributed by atoms with van der Waals surface area (Å²) in [6.45, 7) is 1.57. The maximum atomic E-state index is 12.8. The molecule has 0 amide bonds. The fourth-order valence-electron chi connectivity index (χ4n) is 1.48. The van der Waals surface area contributed by atoms with E-state index >= 15 is 0 Å². The number of ether oxygens (including phenoxy) is 2. The van der Waals surface area contributed by atoms with Crippen molar-refractivity contribution >= 4 is 16.8 Å². The maximum Gasteiger partial charge on any atom is 0.262 e. The van der Waals surface area contributed by atoms with Gasteiger partial charge in [0.1, 0.15) is 23.1 Å². The zero-order chi connectivity index (χ0) is 14.5. The lowest BCUT2D eigenvalue weighted by molar-refractivity contribution is -0.117. The first-order valence-electron chi connectivity index (χ1n) is 5.94. The molecule has 20 heavy (non-hydrogen) atoms. The largest absolute Gasteiger partial charge is 0.482 e.